The number of imide groups is 2. The zero-order valence-electron chi connectivity index (χ0n) is 22.8. The molecule has 0 unspecified atom stereocenters. The van der Waals surface area contributed by atoms with Crippen LogP contribution in [0, 0.1) is 37.8 Å². The van der Waals surface area contributed by atoms with Gasteiger partial charge in [0.15, 0.2) is 0 Å². The van der Waals surface area contributed by atoms with Crippen LogP contribution in [0.15, 0.2) is 88.2 Å². The second-order valence-corrected chi connectivity index (χ2v) is 10.8. The summed E-state index contributed by atoms with van der Waals surface area (Å²) in [4.78, 5) is 52.2. The van der Waals surface area contributed by atoms with Crippen molar-refractivity contribution in [3.63, 3.8) is 0 Å². The van der Waals surface area contributed by atoms with Gasteiger partial charge in [-0.15, -0.1) is 0 Å². The first kappa shape index (κ1) is 27.6. The lowest BCUT2D eigenvalue weighted by atomic mass is 10.0. The van der Waals surface area contributed by atoms with Crippen molar-refractivity contribution in [2.45, 2.75) is 37.5 Å². The van der Waals surface area contributed by atoms with Gasteiger partial charge >= 0.3 is 6.03 Å². The minimum Gasteiger partial charge on any atom is -0.318 e. The van der Waals surface area contributed by atoms with Gasteiger partial charge in [0, 0.05) is 39.0 Å². The van der Waals surface area contributed by atoms with Gasteiger partial charge in [-0.2, -0.15) is 0 Å². The number of benzene rings is 3. The van der Waals surface area contributed by atoms with E-state index in [1.54, 1.807) is 24.3 Å². The van der Waals surface area contributed by atoms with Crippen molar-refractivity contribution in [3.8, 4) is 5.69 Å². The number of nitrogens with one attached hydrogen (secondary N) is 1. The molecule has 3 aromatic carbocycles. The standard InChI is InChI=1S/C31H26N4O5S/c1-18-6-5-7-28(20(18)3)34-30(37)27(29(36)32-31(34)38)17-22-16-19(2)33(21(22)4)23-8-12-25(13-9-23)41-26-14-10-24(11-15-26)35(39)40/h5-17H,1-4H3,(H,32,36,38)/b27-17-. The second kappa shape index (κ2) is 10.9. The molecule has 9 nitrogen and oxygen atoms in total. The van der Waals surface area contributed by atoms with E-state index in [4.69, 9.17) is 0 Å². The molecule has 1 aromatic heterocycles. The number of nitrogens with zero attached hydrogens (tertiary/aromatic N) is 3. The third-order valence-corrected chi connectivity index (χ3v) is 8.08. The van der Waals surface area contributed by atoms with E-state index in [1.807, 2.05) is 68.7 Å². The predicted octanol–water partition coefficient (Wildman–Crippen LogP) is 6.44. The van der Waals surface area contributed by atoms with Crippen molar-refractivity contribution in [1.82, 2.24) is 9.88 Å². The number of anilines is 1. The fourth-order valence-electron chi connectivity index (χ4n) is 4.78. The number of hydrogen-bond donors (Lipinski definition) is 1. The third-order valence-electron chi connectivity index (χ3n) is 7.07. The fourth-order valence-corrected chi connectivity index (χ4v) is 5.59. The summed E-state index contributed by atoms with van der Waals surface area (Å²) in [6.45, 7) is 7.55. The van der Waals surface area contributed by atoms with E-state index in [-0.39, 0.29) is 11.3 Å². The highest BCUT2D eigenvalue weighted by molar-refractivity contribution is 7.99. The lowest BCUT2D eigenvalue weighted by Gasteiger charge is -2.28. The minimum absolute atomic E-state index is 0.0472. The van der Waals surface area contributed by atoms with E-state index >= 15 is 0 Å². The maximum atomic E-state index is 13.5. The number of urea groups is 1. The molecule has 206 valence electrons. The normalized spacial score (nSPS) is 14.5. The monoisotopic (exact) mass is 566 g/mol. The number of non-ortho nitro benzene ring substituents is 1. The molecule has 0 radical (unpaired) electrons. The molecule has 1 N–H and O–H groups in total. The van der Waals surface area contributed by atoms with Crippen molar-refractivity contribution in [3.05, 3.63) is 117 Å². The van der Waals surface area contributed by atoms with Gasteiger partial charge in [-0.1, -0.05) is 23.9 Å². The van der Waals surface area contributed by atoms with Crippen molar-refractivity contribution >= 4 is 47.1 Å². The molecule has 4 amide bonds. The quantitative estimate of drug-likeness (QED) is 0.124. The van der Waals surface area contributed by atoms with Gasteiger partial charge in [-0.25, -0.2) is 9.69 Å². The van der Waals surface area contributed by atoms with Crippen LogP contribution in [0.2, 0.25) is 0 Å². The lowest BCUT2D eigenvalue weighted by Crippen LogP contribution is -2.54. The molecule has 1 aliphatic rings. The average molecular weight is 567 g/mol. The highest BCUT2D eigenvalue weighted by Gasteiger charge is 2.37. The molecule has 1 fully saturated rings. The van der Waals surface area contributed by atoms with E-state index in [0.717, 1.165) is 42.9 Å². The molecule has 0 bridgehead atoms. The summed E-state index contributed by atoms with van der Waals surface area (Å²) in [7, 11) is 0. The summed E-state index contributed by atoms with van der Waals surface area (Å²) >= 11 is 1.49. The van der Waals surface area contributed by atoms with Crippen molar-refractivity contribution < 1.29 is 19.3 Å². The van der Waals surface area contributed by atoms with E-state index in [2.05, 4.69) is 5.32 Å². The lowest BCUT2D eigenvalue weighted by molar-refractivity contribution is -0.384. The number of aromatic nitrogens is 1. The highest BCUT2D eigenvalue weighted by atomic mass is 32.2. The Kier molecular flexibility index (Phi) is 7.34. The van der Waals surface area contributed by atoms with Crippen LogP contribution >= 0.6 is 11.8 Å². The first-order valence-corrected chi connectivity index (χ1v) is 13.6. The number of carbonyl (C=O) groups is 3. The Morgan fingerprint density at radius 1 is 0.878 bits per heavy atom. The summed E-state index contributed by atoms with van der Waals surface area (Å²) < 4.78 is 2.02. The Hall–Kier alpha value is -4.96. The van der Waals surface area contributed by atoms with Gasteiger partial charge in [0.1, 0.15) is 5.57 Å². The third kappa shape index (κ3) is 5.29. The summed E-state index contributed by atoms with van der Waals surface area (Å²) in [5, 5.41) is 13.2. The molecule has 0 aliphatic carbocycles. The Labute approximate surface area is 240 Å². The number of nitro benzene ring substituents is 1. The molecule has 1 aliphatic heterocycles. The molecular formula is C31H26N4O5S. The summed E-state index contributed by atoms with van der Waals surface area (Å²) in [5.74, 6) is -1.41. The number of hydrogen-bond acceptors (Lipinski definition) is 6. The zero-order chi connectivity index (χ0) is 29.4. The van der Waals surface area contributed by atoms with Crippen LogP contribution in [0.4, 0.5) is 16.2 Å². The number of carbonyl (C=O) groups excluding carboxylic acids is 3. The molecule has 0 saturated carbocycles. The first-order valence-electron chi connectivity index (χ1n) is 12.7. The number of amides is 4. The Balaban J connectivity index is 1.42. The fraction of sp³-hybridized carbons (Fsp3) is 0.129. The van der Waals surface area contributed by atoms with Gasteiger partial charge in [0.2, 0.25) is 0 Å². The maximum Gasteiger partial charge on any atom is 0.335 e. The minimum atomic E-state index is -0.775. The SMILES string of the molecule is Cc1cccc(N2C(=O)NC(=O)/C(=C/c3cc(C)n(-c4ccc(Sc5ccc([N+](=O)[O-])cc5)cc4)c3C)C2=O)c1C. The van der Waals surface area contributed by atoms with E-state index in [9.17, 15) is 24.5 Å². The summed E-state index contributed by atoms with van der Waals surface area (Å²) in [6, 6.07) is 20.7. The van der Waals surface area contributed by atoms with Gasteiger partial charge in [0.25, 0.3) is 17.5 Å². The molecule has 2 heterocycles. The number of barbiturate groups is 1. The summed E-state index contributed by atoms with van der Waals surface area (Å²) in [6.07, 6.45) is 1.53. The molecule has 0 atom stereocenters. The average Bonchev–Trinajstić information content (AvgIpc) is 3.22. The topological polar surface area (TPSA) is 115 Å². The van der Waals surface area contributed by atoms with Crippen LogP contribution < -0.4 is 10.2 Å². The molecule has 10 heteroatoms. The summed E-state index contributed by atoms with van der Waals surface area (Å²) in [5.41, 5.74) is 5.35. The van der Waals surface area contributed by atoms with E-state index in [1.165, 1.54) is 30.0 Å². The van der Waals surface area contributed by atoms with Gasteiger partial charge in [0.05, 0.1) is 10.6 Å². The smallest absolute Gasteiger partial charge is 0.318 e. The molecule has 0 spiro atoms. The number of rotatable bonds is 6. The first-order chi connectivity index (χ1) is 19.5. The van der Waals surface area contributed by atoms with Crippen molar-refractivity contribution in [2.75, 3.05) is 4.90 Å². The second-order valence-electron chi connectivity index (χ2n) is 9.69. The Morgan fingerprint density at radius 2 is 1.51 bits per heavy atom. The van der Waals surface area contributed by atoms with E-state index in [0.29, 0.717) is 11.3 Å². The largest absolute Gasteiger partial charge is 0.335 e. The molecule has 1 saturated heterocycles. The molecule has 5 rings (SSSR count). The van der Waals surface area contributed by atoms with Crippen LogP contribution in [0.25, 0.3) is 11.8 Å². The van der Waals surface area contributed by atoms with E-state index < -0.39 is 22.8 Å². The van der Waals surface area contributed by atoms with Crippen molar-refractivity contribution in [2.24, 2.45) is 0 Å². The Bertz CT molecular complexity index is 1750. The van der Waals surface area contributed by atoms with Crippen LogP contribution in [0.5, 0.6) is 0 Å². The highest BCUT2D eigenvalue weighted by Crippen LogP contribution is 2.32. The van der Waals surface area contributed by atoms with Gasteiger partial charge in [-0.3, -0.25) is 25.0 Å². The number of aryl methyl sites for hydroxylation is 2. The van der Waals surface area contributed by atoms with Crippen LogP contribution in [0.1, 0.15) is 28.1 Å². The maximum absolute atomic E-state index is 13.5. The molecule has 4 aromatic rings. The predicted molar refractivity (Wildman–Crippen MR) is 157 cm³/mol. The molecular weight excluding hydrogens is 540 g/mol. The van der Waals surface area contributed by atoms with Crippen LogP contribution in [-0.4, -0.2) is 27.3 Å². The zero-order valence-corrected chi connectivity index (χ0v) is 23.6. The van der Waals surface area contributed by atoms with Crippen LogP contribution in [0.3, 0.4) is 0 Å². The van der Waals surface area contributed by atoms with Gasteiger partial charge in [-0.05, 0) is 99.0 Å². The van der Waals surface area contributed by atoms with Crippen LogP contribution in [-0.2, 0) is 9.59 Å². The molecule has 41 heavy (non-hydrogen) atoms. The number of nitro groups is 1. The van der Waals surface area contributed by atoms with Gasteiger partial charge < -0.3 is 4.57 Å². The van der Waals surface area contributed by atoms with Crippen molar-refractivity contribution in [1.29, 1.82) is 0 Å². The Morgan fingerprint density at radius 3 is 2.15 bits per heavy atom.